The highest BCUT2D eigenvalue weighted by atomic mass is 32.1. The summed E-state index contributed by atoms with van der Waals surface area (Å²) in [5, 5.41) is 0.972. The molecule has 2 heterocycles. The summed E-state index contributed by atoms with van der Waals surface area (Å²) in [5.74, 6) is -0.164. The number of amides is 1. The number of carbonyl (C=O) groups is 1. The van der Waals surface area contributed by atoms with Gasteiger partial charge in [0.25, 0.3) is 11.5 Å². The van der Waals surface area contributed by atoms with Gasteiger partial charge >= 0.3 is 5.69 Å². The van der Waals surface area contributed by atoms with Crippen molar-refractivity contribution >= 4 is 38.8 Å². The van der Waals surface area contributed by atoms with Crippen LogP contribution in [-0.4, -0.2) is 22.0 Å². The Bertz CT molecular complexity index is 1110. The van der Waals surface area contributed by atoms with Crippen LogP contribution in [0.2, 0.25) is 0 Å². The number of anilines is 2. The fraction of sp³-hybridized carbons (Fsp3) is 0.381. The van der Waals surface area contributed by atoms with E-state index >= 15 is 0 Å². The van der Waals surface area contributed by atoms with Crippen LogP contribution in [0.1, 0.15) is 43.3 Å². The fourth-order valence-electron chi connectivity index (χ4n) is 3.24. The Morgan fingerprint density at radius 1 is 1.28 bits per heavy atom. The van der Waals surface area contributed by atoms with E-state index in [9.17, 15) is 14.4 Å². The number of nitrogens with two attached hydrogens (primary N) is 1. The van der Waals surface area contributed by atoms with Gasteiger partial charge in [0.1, 0.15) is 5.82 Å². The first-order valence-electron chi connectivity index (χ1n) is 9.76. The minimum Gasteiger partial charge on any atom is -0.383 e. The van der Waals surface area contributed by atoms with E-state index in [4.69, 9.17) is 5.73 Å². The Morgan fingerprint density at radius 2 is 2.00 bits per heavy atom. The zero-order valence-electron chi connectivity index (χ0n) is 16.9. The number of aromatic amines is 1. The molecule has 0 radical (unpaired) electrons. The summed E-state index contributed by atoms with van der Waals surface area (Å²) < 4.78 is 2.33. The lowest BCUT2D eigenvalue weighted by atomic mass is 10.2. The highest BCUT2D eigenvalue weighted by Crippen LogP contribution is 2.29. The molecular formula is C21H26N4O3S. The van der Waals surface area contributed by atoms with E-state index in [0.717, 1.165) is 22.9 Å². The van der Waals surface area contributed by atoms with Crippen molar-refractivity contribution in [2.75, 3.05) is 17.2 Å². The molecule has 0 saturated carbocycles. The summed E-state index contributed by atoms with van der Waals surface area (Å²) in [6.07, 6.45) is 1.61. The quantitative estimate of drug-likeness (QED) is 0.618. The van der Waals surface area contributed by atoms with Gasteiger partial charge in [0.15, 0.2) is 5.69 Å². The highest BCUT2D eigenvalue weighted by molar-refractivity contribution is 7.20. The van der Waals surface area contributed by atoms with Crippen LogP contribution in [0.4, 0.5) is 11.5 Å². The van der Waals surface area contributed by atoms with Gasteiger partial charge in [-0.1, -0.05) is 45.4 Å². The maximum atomic E-state index is 13.4. The number of unbranched alkanes of at least 4 members (excludes halogenated alkanes) is 1. The Labute approximate surface area is 172 Å². The molecule has 0 unspecified atom stereocenters. The van der Waals surface area contributed by atoms with Crippen molar-refractivity contribution < 1.29 is 4.79 Å². The number of fused-ring (bicyclic) bond motifs is 1. The minimum absolute atomic E-state index is 0.0299. The van der Waals surface area contributed by atoms with Gasteiger partial charge in [-0.05, 0) is 29.9 Å². The zero-order chi connectivity index (χ0) is 21.1. The van der Waals surface area contributed by atoms with Crippen molar-refractivity contribution in [3.05, 3.63) is 56.0 Å². The number of carbonyl (C=O) groups excluding carboxylic acids is 1. The zero-order valence-corrected chi connectivity index (χ0v) is 17.7. The highest BCUT2D eigenvalue weighted by Gasteiger charge is 2.27. The smallest absolute Gasteiger partial charge is 0.330 e. The second-order valence-electron chi connectivity index (χ2n) is 7.46. The predicted octanol–water partition coefficient (Wildman–Crippen LogP) is 3.44. The Balaban J connectivity index is 2.12. The van der Waals surface area contributed by atoms with Crippen molar-refractivity contribution in [1.29, 1.82) is 0 Å². The second-order valence-corrected chi connectivity index (χ2v) is 8.54. The molecular weight excluding hydrogens is 388 g/mol. The molecule has 0 fully saturated rings. The summed E-state index contributed by atoms with van der Waals surface area (Å²) >= 11 is 1.38. The molecule has 29 heavy (non-hydrogen) atoms. The van der Waals surface area contributed by atoms with Gasteiger partial charge in [-0.15, -0.1) is 11.3 Å². The van der Waals surface area contributed by atoms with Crippen LogP contribution in [0.5, 0.6) is 0 Å². The SMILES string of the molecule is CCCCn1c(N)c(N(CC(C)C)C(=O)c2cc3ccccc3s2)c(=O)[nH]c1=O. The molecule has 0 saturated heterocycles. The number of nitrogens with one attached hydrogen (secondary N) is 1. The second kappa shape index (κ2) is 8.65. The average Bonchev–Trinajstić information content (AvgIpc) is 3.10. The van der Waals surface area contributed by atoms with Gasteiger partial charge in [-0.2, -0.15) is 0 Å². The first kappa shape index (κ1) is 20.9. The van der Waals surface area contributed by atoms with E-state index < -0.39 is 11.2 Å². The van der Waals surface area contributed by atoms with Crippen LogP contribution in [0.25, 0.3) is 10.1 Å². The normalized spacial score (nSPS) is 11.3. The van der Waals surface area contributed by atoms with E-state index in [1.807, 2.05) is 51.1 Å². The number of nitrogen functional groups attached to an aromatic ring is 1. The van der Waals surface area contributed by atoms with Gasteiger partial charge in [-0.25, -0.2) is 4.79 Å². The maximum Gasteiger partial charge on any atom is 0.330 e. The third kappa shape index (κ3) is 4.27. The molecule has 0 aliphatic heterocycles. The molecule has 154 valence electrons. The van der Waals surface area contributed by atoms with E-state index in [1.165, 1.54) is 20.8 Å². The number of hydrogen-bond donors (Lipinski definition) is 2. The summed E-state index contributed by atoms with van der Waals surface area (Å²) in [6, 6.07) is 9.57. The van der Waals surface area contributed by atoms with Crippen LogP contribution < -0.4 is 21.9 Å². The third-order valence-electron chi connectivity index (χ3n) is 4.65. The predicted molar refractivity (Wildman–Crippen MR) is 119 cm³/mol. The molecule has 1 amide bonds. The number of H-pyrrole nitrogens is 1. The summed E-state index contributed by atoms with van der Waals surface area (Å²) in [6.45, 7) is 6.62. The van der Waals surface area contributed by atoms with Crippen LogP contribution >= 0.6 is 11.3 Å². The topological polar surface area (TPSA) is 101 Å². The Kier molecular flexibility index (Phi) is 6.22. The van der Waals surface area contributed by atoms with E-state index in [1.54, 1.807) is 0 Å². The van der Waals surface area contributed by atoms with E-state index in [-0.39, 0.29) is 23.3 Å². The molecule has 1 aromatic carbocycles. The largest absolute Gasteiger partial charge is 0.383 e. The fourth-order valence-corrected chi connectivity index (χ4v) is 4.25. The van der Waals surface area contributed by atoms with Crippen molar-refractivity contribution in [1.82, 2.24) is 9.55 Å². The molecule has 8 heteroatoms. The lowest BCUT2D eigenvalue weighted by Gasteiger charge is -2.25. The number of nitrogens with zero attached hydrogens (tertiary/aromatic N) is 2. The van der Waals surface area contributed by atoms with Crippen molar-refractivity contribution in [3.63, 3.8) is 0 Å². The van der Waals surface area contributed by atoms with Crippen LogP contribution in [0.3, 0.4) is 0 Å². The molecule has 0 bridgehead atoms. The summed E-state index contributed by atoms with van der Waals surface area (Å²) in [7, 11) is 0. The van der Waals surface area contributed by atoms with Crippen molar-refractivity contribution in [2.24, 2.45) is 5.92 Å². The van der Waals surface area contributed by atoms with Crippen LogP contribution in [0.15, 0.2) is 39.9 Å². The average molecular weight is 415 g/mol. The first-order chi connectivity index (χ1) is 13.8. The van der Waals surface area contributed by atoms with Gasteiger partial charge in [0, 0.05) is 17.8 Å². The van der Waals surface area contributed by atoms with E-state index in [2.05, 4.69) is 4.98 Å². The number of rotatable bonds is 7. The monoisotopic (exact) mass is 414 g/mol. The lowest BCUT2D eigenvalue weighted by Crippen LogP contribution is -2.42. The molecule has 7 nitrogen and oxygen atoms in total. The number of thiophene rings is 1. The molecule has 0 aliphatic rings. The van der Waals surface area contributed by atoms with Crippen molar-refractivity contribution in [2.45, 2.75) is 40.2 Å². The Hall–Kier alpha value is -2.87. The number of benzene rings is 1. The maximum absolute atomic E-state index is 13.4. The van der Waals surface area contributed by atoms with Gasteiger partial charge in [0.2, 0.25) is 0 Å². The minimum atomic E-state index is -0.643. The standard InChI is InChI=1S/C21H26N4O3S/c1-4-5-10-24-18(22)17(19(26)23-21(24)28)25(12-13(2)3)20(27)16-11-14-8-6-7-9-15(14)29-16/h6-9,11,13H,4-5,10,12,22H2,1-3H3,(H,23,26,28). The van der Waals surface area contributed by atoms with Crippen molar-refractivity contribution in [3.8, 4) is 0 Å². The number of aromatic nitrogens is 2. The number of hydrogen-bond acceptors (Lipinski definition) is 5. The van der Waals surface area contributed by atoms with Gasteiger partial charge < -0.3 is 5.73 Å². The van der Waals surface area contributed by atoms with Crippen LogP contribution in [0, 0.1) is 5.92 Å². The molecule has 0 atom stereocenters. The molecule has 0 spiro atoms. The van der Waals surface area contributed by atoms with Gasteiger partial charge in [0.05, 0.1) is 4.88 Å². The summed E-state index contributed by atoms with van der Waals surface area (Å²) in [4.78, 5) is 42.6. The molecule has 3 rings (SSSR count). The molecule has 3 aromatic rings. The summed E-state index contributed by atoms with van der Waals surface area (Å²) in [5.41, 5.74) is 5.09. The van der Waals surface area contributed by atoms with Gasteiger partial charge in [-0.3, -0.25) is 24.0 Å². The molecule has 3 N–H and O–H groups in total. The first-order valence-corrected chi connectivity index (χ1v) is 10.6. The third-order valence-corrected chi connectivity index (χ3v) is 5.75. The van der Waals surface area contributed by atoms with E-state index in [0.29, 0.717) is 18.0 Å². The lowest BCUT2D eigenvalue weighted by molar-refractivity contribution is 0.0987. The Morgan fingerprint density at radius 3 is 2.66 bits per heavy atom. The molecule has 0 aliphatic carbocycles. The molecule has 2 aromatic heterocycles. The van der Waals surface area contributed by atoms with Crippen LogP contribution in [-0.2, 0) is 6.54 Å².